The van der Waals surface area contributed by atoms with E-state index in [9.17, 15) is 9.59 Å². The highest BCUT2D eigenvalue weighted by Gasteiger charge is 2.12. The Morgan fingerprint density at radius 2 is 1.95 bits per heavy atom. The molecule has 2 rings (SSSR count). The number of hydrogen-bond acceptors (Lipinski definition) is 3. The second-order valence-electron chi connectivity index (χ2n) is 4.95. The van der Waals surface area contributed by atoms with Crippen molar-refractivity contribution in [2.75, 3.05) is 11.9 Å². The summed E-state index contributed by atoms with van der Waals surface area (Å²) >= 11 is 3.37. The Bertz CT molecular complexity index is 694. The minimum Gasteiger partial charge on any atom is -0.459 e. The van der Waals surface area contributed by atoms with Crippen molar-refractivity contribution in [3.63, 3.8) is 0 Å². The number of carbonyl (C=O) groups is 2. The van der Waals surface area contributed by atoms with Crippen molar-refractivity contribution in [3.05, 3.63) is 51.9 Å². The van der Waals surface area contributed by atoms with Crippen LogP contribution in [0.2, 0.25) is 0 Å². The zero-order chi connectivity index (χ0) is 16.1. The van der Waals surface area contributed by atoms with E-state index in [1.165, 1.54) is 6.26 Å². The Labute approximate surface area is 137 Å². The molecule has 1 aromatic heterocycles. The monoisotopic (exact) mass is 364 g/mol. The van der Waals surface area contributed by atoms with Gasteiger partial charge in [-0.05, 0) is 37.6 Å². The van der Waals surface area contributed by atoms with Gasteiger partial charge in [-0.3, -0.25) is 9.59 Å². The lowest BCUT2D eigenvalue weighted by atomic mass is 10.2. The van der Waals surface area contributed by atoms with E-state index in [1.54, 1.807) is 13.0 Å². The summed E-state index contributed by atoms with van der Waals surface area (Å²) in [4.78, 5) is 23.7. The standard InChI is InChI=1S/C16H17BrN2O3/c1-10-3-4-12(17)9-13(10)19-14(20)5-7-18-16(21)15-11(2)6-8-22-15/h3-4,6,8-9H,5,7H2,1-2H3,(H,18,21)(H,19,20). The third-order valence-corrected chi connectivity index (χ3v) is 3.67. The fourth-order valence-corrected chi connectivity index (χ4v) is 2.28. The van der Waals surface area contributed by atoms with Crippen LogP contribution in [0.4, 0.5) is 5.69 Å². The van der Waals surface area contributed by atoms with E-state index < -0.39 is 0 Å². The molecule has 0 spiro atoms. The van der Waals surface area contributed by atoms with Crippen LogP contribution < -0.4 is 10.6 Å². The van der Waals surface area contributed by atoms with Crippen LogP contribution in [-0.4, -0.2) is 18.4 Å². The van der Waals surface area contributed by atoms with Gasteiger partial charge in [0, 0.05) is 28.7 Å². The summed E-state index contributed by atoms with van der Waals surface area (Å²) < 4.78 is 5.99. The molecule has 0 bridgehead atoms. The molecular weight excluding hydrogens is 348 g/mol. The van der Waals surface area contributed by atoms with Gasteiger partial charge in [-0.25, -0.2) is 0 Å². The van der Waals surface area contributed by atoms with Crippen LogP contribution in [0.1, 0.15) is 28.1 Å². The Kier molecular flexibility index (Phi) is 5.38. The van der Waals surface area contributed by atoms with Gasteiger partial charge in [0.25, 0.3) is 5.91 Å². The molecule has 2 aromatic rings. The van der Waals surface area contributed by atoms with E-state index in [-0.39, 0.29) is 30.5 Å². The van der Waals surface area contributed by atoms with E-state index >= 15 is 0 Å². The Morgan fingerprint density at radius 1 is 1.18 bits per heavy atom. The molecule has 22 heavy (non-hydrogen) atoms. The molecule has 2 N–H and O–H groups in total. The lowest BCUT2D eigenvalue weighted by Crippen LogP contribution is -2.27. The van der Waals surface area contributed by atoms with Gasteiger partial charge in [0.05, 0.1) is 6.26 Å². The van der Waals surface area contributed by atoms with Gasteiger partial charge in [0.2, 0.25) is 5.91 Å². The lowest BCUT2D eigenvalue weighted by Gasteiger charge is -2.09. The molecule has 0 atom stereocenters. The minimum absolute atomic E-state index is 0.155. The van der Waals surface area contributed by atoms with Gasteiger partial charge in [0.15, 0.2) is 5.76 Å². The van der Waals surface area contributed by atoms with Crippen molar-refractivity contribution in [1.82, 2.24) is 5.32 Å². The summed E-state index contributed by atoms with van der Waals surface area (Å²) in [6.07, 6.45) is 1.66. The van der Waals surface area contributed by atoms with Gasteiger partial charge in [-0.1, -0.05) is 22.0 Å². The Hall–Kier alpha value is -2.08. The topological polar surface area (TPSA) is 71.3 Å². The van der Waals surface area contributed by atoms with Gasteiger partial charge in [-0.15, -0.1) is 0 Å². The first-order valence-corrected chi connectivity index (χ1v) is 7.65. The molecular formula is C16H17BrN2O3. The normalized spacial score (nSPS) is 10.3. The zero-order valence-corrected chi connectivity index (χ0v) is 14.0. The largest absolute Gasteiger partial charge is 0.459 e. The highest BCUT2D eigenvalue weighted by molar-refractivity contribution is 9.10. The molecule has 6 heteroatoms. The third kappa shape index (κ3) is 4.21. The zero-order valence-electron chi connectivity index (χ0n) is 12.4. The third-order valence-electron chi connectivity index (χ3n) is 3.18. The van der Waals surface area contributed by atoms with Crippen molar-refractivity contribution in [2.45, 2.75) is 20.3 Å². The summed E-state index contributed by atoms with van der Waals surface area (Å²) in [6.45, 7) is 3.96. The molecule has 0 unspecified atom stereocenters. The van der Waals surface area contributed by atoms with Gasteiger partial charge < -0.3 is 15.1 Å². The summed E-state index contributed by atoms with van der Waals surface area (Å²) in [5, 5.41) is 5.49. The van der Waals surface area contributed by atoms with Crippen LogP contribution in [0.25, 0.3) is 0 Å². The van der Waals surface area contributed by atoms with E-state index in [4.69, 9.17) is 4.42 Å². The Balaban J connectivity index is 1.82. The number of amides is 2. The van der Waals surface area contributed by atoms with Crippen LogP contribution in [-0.2, 0) is 4.79 Å². The van der Waals surface area contributed by atoms with Gasteiger partial charge >= 0.3 is 0 Å². The minimum atomic E-state index is -0.311. The molecule has 2 amide bonds. The molecule has 0 saturated carbocycles. The highest BCUT2D eigenvalue weighted by atomic mass is 79.9. The van der Waals surface area contributed by atoms with E-state index in [1.807, 2.05) is 25.1 Å². The highest BCUT2D eigenvalue weighted by Crippen LogP contribution is 2.20. The number of aryl methyl sites for hydroxylation is 2. The van der Waals surface area contributed by atoms with Crippen LogP contribution in [0.3, 0.4) is 0 Å². The predicted molar refractivity (Wildman–Crippen MR) is 87.9 cm³/mol. The maximum Gasteiger partial charge on any atom is 0.287 e. The first-order valence-electron chi connectivity index (χ1n) is 6.85. The number of furan rings is 1. The van der Waals surface area contributed by atoms with E-state index in [0.717, 1.165) is 21.3 Å². The molecule has 0 fully saturated rings. The van der Waals surface area contributed by atoms with E-state index in [0.29, 0.717) is 0 Å². The van der Waals surface area contributed by atoms with E-state index in [2.05, 4.69) is 26.6 Å². The summed E-state index contributed by atoms with van der Waals surface area (Å²) in [7, 11) is 0. The molecule has 0 aliphatic heterocycles. The molecule has 0 aliphatic rings. The van der Waals surface area contributed by atoms with Gasteiger partial charge in [-0.2, -0.15) is 0 Å². The Morgan fingerprint density at radius 3 is 2.64 bits per heavy atom. The predicted octanol–water partition coefficient (Wildman–Crippen LogP) is 3.42. The number of anilines is 1. The maximum atomic E-state index is 11.9. The first-order chi connectivity index (χ1) is 10.5. The second kappa shape index (κ2) is 7.26. The fourth-order valence-electron chi connectivity index (χ4n) is 1.92. The fraction of sp³-hybridized carbons (Fsp3) is 0.250. The average molecular weight is 365 g/mol. The summed E-state index contributed by atoms with van der Waals surface area (Å²) in [5.74, 6) is -0.185. The average Bonchev–Trinajstić information content (AvgIpc) is 2.89. The number of halogens is 1. The lowest BCUT2D eigenvalue weighted by molar-refractivity contribution is -0.116. The number of benzene rings is 1. The quantitative estimate of drug-likeness (QED) is 0.853. The molecule has 0 saturated heterocycles. The molecule has 1 heterocycles. The summed E-state index contributed by atoms with van der Waals surface area (Å²) in [6, 6.07) is 7.40. The summed E-state index contributed by atoms with van der Waals surface area (Å²) in [5.41, 5.74) is 2.51. The molecule has 116 valence electrons. The molecule has 5 nitrogen and oxygen atoms in total. The van der Waals surface area contributed by atoms with Crippen LogP contribution in [0.15, 0.2) is 39.4 Å². The second-order valence-corrected chi connectivity index (χ2v) is 5.86. The van der Waals surface area contributed by atoms with Crippen LogP contribution in [0.5, 0.6) is 0 Å². The molecule has 1 aromatic carbocycles. The van der Waals surface area contributed by atoms with Crippen molar-refractivity contribution in [1.29, 1.82) is 0 Å². The van der Waals surface area contributed by atoms with Gasteiger partial charge in [0.1, 0.15) is 0 Å². The molecule has 0 radical (unpaired) electrons. The number of nitrogens with one attached hydrogen (secondary N) is 2. The smallest absolute Gasteiger partial charge is 0.287 e. The van der Waals surface area contributed by atoms with Crippen molar-refractivity contribution >= 4 is 33.4 Å². The first kappa shape index (κ1) is 16.3. The van der Waals surface area contributed by atoms with Crippen molar-refractivity contribution in [3.8, 4) is 0 Å². The van der Waals surface area contributed by atoms with Crippen molar-refractivity contribution < 1.29 is 14.0 Å². The maximum absolute atomic E-state index is 11.9. The van der Waals surface area contributed by atoms with Crippen LogP contribution in [0, 0.1) is 13.8 Å². The number of carbonyl (C=O) groups excluding carboxylic acids is 2. The number of hydrogen-bond donors (Lipinski definition) is 2. The van der Waals surface area contributed by atoms with Crippen molar-refractivity contribution in [2.24, 2.45) is 0 Å². The SMILES string of the molecule is Cc1ccc(Br)cc1NC(=O)CCNC(=O)c1occc1C. The van der Waals surface area contributed by atoms with Crippen LogP contribution >= 0.6 is 15.9 Å². The molecule has 0 aliphatic carbocycles. The number of rotatable bonds is 5.